The Balaban J connectivity index is 0.00000392. The van der Waals surface area contributed by atoms with Crippen LogP contribution in [-0.2, 0) is 28.6 Å². The third-order valence-corrected chi connectivity index (χ3v) is 11.0. The quantitative estimate of drug-likeness (QED) is 0.0876. The van der Waals surface area contributed by atoms with Crippen LogP contribution >= 0.6 is 24.8 Å². The SMILES string of the molecule is COc1cc2c(cc1OC)C(CCCCN(C)C)(CCCC(CCCNC(=O)CCc1ccc(F)cc1)(c1ccccc1)c1ccccc1)NCC2.Cl.Cl. The van der Waals surface area contributed by atoms with E-state index >= 15 is 0 Å². The lowest BCUT2D eigenvalue weighted by Gasteiger charge is -2.43. The summed E-state index contributed by atoms with van der Waals surface area (Å²) in [5, 5.41) is 7.22. The minimum Gasteiger partial charge on any atom is -0.493 e. The second-order valence-electron chi connectivity index (χ2n) is 14.6. The van der Waals surface area contributed by atoms with E-state index in [0.29, 0.717) is 19.4 Å². The summed E-state index contributed by atoms with van der Waals surface area (Å²) in [5.41, 5.74) is 5.89. The van der Waals surface area contributed by atoms with Crippen LogP contribution in [-0.4, -0.2) is 58.8 Å². The van der Waals surface area contributed by atoms with Crippen LogP contribution in [0.4, 0.5) is 4.39 Å². The first-order chi connectivity index (χ1) is 25.3. The number of unbranched alkanes of at least 4 members (excludes halogenated alkanes) is 1. The van der Waals surface area contributed by atoms with Gasteiger partial charge >= 0.3 is 0 Å². The van der Waals surface area contributed by atoms with E-state index in [1.54, 1.807) is 26.4 Å². The highest BCUT2D eigenvalue weighted by Gasteiger charge is 2.39. The van der Waals surface area contributed by atoms with Crippen molar-refractivity contribution in [2.75, 3.05) is 47.9 Å². The summed E-state index contributed by atoms with van der Waals surface area (Å²) in [6.07, 6.45) is 10.0. The van der Waals surface area contributed by atoms with Gasteiger partial charge in [0.05, 0.1) is 14.2 Å². The van der Waals surface area contributed by atoms with Crippen LogP contribution in [0.25, 0.3) is 0 Å². The number of halogens is 3. The number of rotatable bonds is 20. The lowest BCUT2D eigenvalue weighted by atomic mass is 9.66. The van der Waals surface area contributed by atoms with Crippen LogP contribution < -0.4 is 20.1 Å². The Bertz CT molecular complexity index is 1650. The molecule has 294 valence electrons. The molecule has 0 saturated carbocycles. The van der Waals surface area contributed by atoms with E-state index < -0.39 is 0 Å². The Labute approximate surface area is 335 Å². The molecule has 0 aliphatic carbocycles. The normalized spacial score (nSPS) is 15.1. The fourth-order valence-corrected chi connectivity index (χ4v) is 8.22. The van der Waals surface area contributed by atoms with Gasteiger partial charge in [0.2, 0.25) is 5.91 Å². The minimum absolute atomic E-state index is 0. The number of hydrogen-bond donors (Lipinski definition) is 2. The second-order valence-corrected chi connectivity index (χ2v) is 14.6. The molecule has 0 spiro atoms. The number of ether oxygens (including phenoxy) is 2. The van der Waals surface area contributed by atoms with Crippen molar-refractivity contribution in [1.82, 2.24) is 15.5 Å². The smallest absolute Gasteiger partial charge is 0.220 e. The molecule has 9 heteroatoms. The van der Waals surface area contributed by atoms with Gasteiger partial charge < -0.3 is 25.0 Å². The summed E-state index contributed by atoms with van der Waals surface area (Å²) < 4.78 is 24.9. The van der Waals surface area contributed by atoms with E-state index in [2.05, 4.69) is 102 Å². The Morgan fingerprint density at radius 1 is 0.815 bits per heavy atom. The van der Waals surface area contributed by atoms with E-state index in [4.69, 9.17) is 9.47 Å². The highest BCUT2D eigenvalue weighted by atomic mass is 35.5. The summed E-state index contributed by atoms with van der Waals surface area (Å²) in [5.74, 6) is 1.34. The van der Waals surface area contributed by atoms with E-state index in [9.17, 15) is 9.18 Å². The molecule has 0 radical (unpaired) electrons. The first-order valence-corrected chi connectivity index (χ1v) is 19.1. The van der Waals surface area contributed by atoms with E-state index in [1.807, 2.05) is 0 Å². The van der Waals surface area contributed by atoms with Crippen LogP contribution in [0.3, 0.4) is 0 Å². The van der Waals surface area contributed by atoms with E-state index in [-0.39, 0.29) is 47.5 Å². The number of aryl methyl sites for hydroxylation is 1. The Hall–Kier alpha value is -3.62. The van der Waals surface area contributed by atoms with Gasteiger partial charge in [-0.2, -0.15) is 0 Å². The molecule has 1 amide bonds. The fourth-order valence-electron chi connectivity index (χ4n) is 8.22. The summed E-state index contributed by atoms with van der Waals surface area (Å²) in [7, 11) is 7.73. The predicted molar refractivity (Wildman–Crippen MR) is 224 cm³/mol. The topological polar surface area (TPSA) is 62.8 Å². The van der Waals surface area contributed by atoms with Gasteiger partial charge in [0.15, 0.2) is 11.5 Å². The highest BCUT2D eigenvalue weighted by molar-refractivity contribution is 5.85. The number of hydrogen-bond acceptors (Lipinski definition) is 5. The van der Waals surface area contributed by atoms with Gasteiger partial charge in [-0.05, 0) is 131 Å². The van der Waals surface area contributed by atoms with Crippen LogP contribution in [0, 0.1) is 5.82 Å². The van der Waals surface area contributed by atoms with Crippen molar-refractivity contribution in [2.45, 2.75) is 81.6 Å². The molecule has 0 fully saturated rings. The summed E-state index contributed by atoms with van der Waals surface area (Å²) in [6, 6.07) is 32.7. The van der Waals surface area contributed by atoms with Crippen molar-refractivity contribution >= 4 is 30.7 Å². The molecule has 4 aromatic rings. The van der Waals surface area contributed by atoms with Crippen LogP contribution in [0.1, 0.15) is 85.6 Å². The first kappa shape index (κ1) is 44.8. The van der Waals surface area contributed by atoms with Crippen molar-refractivity contribution in [3.63, 3.8) is 0 Å². The maximum absolute atomic E-state index is 13.3. The van der Waals surface area contributed by atoms with Crippen LogP contribution in [0.2, 0.25) is 0 Å². The number of nitrogens with zero attached hydrogens (tertiary/aromatic N) is 1. The number of carbonyl (C=O) groups excluding carboxylic acids is 1. The number of amides is 1. The third-order valence-electron chi connectivity index (χ3n) is 11.0. The Kier molecular flexibility index (Phi) is 18.3. The molecule has 0 aromatic heterocycles. The lowest BCUT2D eigenvalue weighted by molar-refractivity contribution is -0.121. The average molecular weight is 781 g/mol. The molecule has 1 aliphatic rings. The van der Waals surface area contributed by atoms with Gasteiger partial charge in [-0.25, -0.2) is 4.39 Å². The minimum atomic E-state index is -0.260. The number of nitrogens with one attached hydrogen (secondary N) is 2. The van der Waals surface area contributed by atoms with Gasteiger partial charge in [0.1, 0.15) is 5.82 Å². The van der Waals surface area contributed by atoms with Gasteiger partial charge in [-0.1, -0.05) is 79.2 Å². The van der Waals surface area contributed by atoms with Crippen molar-refractivity contribution < 1.29 is 18.7 Å². The molecule has 0 bridgehead atoms. The van der Waals surface area contributed by atoms with Crippen molar-refractivity contribution in [3.8, 4) is 11.5 Å². The van der Waals surface area contributed by atoms with Gasteiger partial charge in [0, 0.05) is 30.5 Å². The Morgan fingerprint density at radius 3 is 2.02 bits per heavy atom. The lowest BCUT2D eigenvalue weighted by Crippen LogP contribution is -2.47. The fraction of sp³-hybridized carbons (Fsp3) is 0.444. The molecule has 1 unspecified atom stereocenters. The molecule has 1 aliphatic heterocycles. The number of carbonyl (C=O) groups is 1. The van der Waals surface area contributed by atoms with E-state index in [0.717, 1.165) is 87.9 Å². The standard InChI is InChI=1S/C45H58FN3O3.2ClH/c1-49(2)32-12-11-28-45(40-34-42(52-4)41(51-3)33-36(40)25-31-48-45)29-13-26-44(37-15-7-5-8-16-37,38-17-9-6-10-18-38)27-14-30-47-43(50)24-21-35-19-22-39(46)23-20-35;;/h5-10,15-20,22-23,33-34,48H,11-14,21,24-32H2,1-4H3,(H,47,50);2*1H. The maximum Gasteiger partial charge on any atom is 0.220 e. The van der Waals surface area contributed by atoms with Crippen molar-refractivity contribution in [1.29, 1.82) is 0 Å². The summed E-state index contributed by atoms with van der Waals surface area (Å²) in [6.45, 7) is 2.61. The highest BCUT2D eigenvalue weighted by Crippen LogP contribution is 2.46. The zero-order chi connectivity index (χ0) is 36.8. The van der Waals surface area contributed by atoms with E-state index in [1.165, 1.54) is 34.4 Å². The second kappa shape index (κ2) is 22.1. The molecule has 2 N–H and O–H groups in total. The largest absolute Gasteiger partial charge is 0.493 e. The van der Waals surface area contributed by atoms with Crippen molar-refractivity contribution in [3.05, 3.63) is 131 Å². The van der Waals surface area contributed by atoms with Gasteiger partial charge in [-0.15, -0.1) is 24.8 Å². The van der Waals surface area contributed by atoms with Gasteiger partial charge in [-0.3, -0.25) is 4.79 Å². The first-order valence-electron chi connectivity index (χ1n) is 19.1. The molecular weight excluding hydrogens is 720 g/mol. The Morgan fingerprint density at radius 2 is 1.41 bits per heavy atom. The zero-order valence-corrected chi connectivity index (χ0v) is 34.1. The molecule has 5 rings (SSSR count). The van der Waals surface area contributed by atoms with Crippen LogP contribution in [0.5, 0.6) is 11.5 Å². The number of methoxy groups -OCH3 is 2. The monoisotopic (exact) mass is 779 g/mol. The molecule has 1 atom stereocenters. The molecule has 4 aromatic carbocycles. The van der Waals surface area contributed by atoms with Crippen molar-refractivity contribution in [2.24, 2.45) is 0 Å². The van der Waals surface area contributed by atoms with Gasteiger partial charge in [0.25, 0.3) is 0 Å². The molecule has 1 heterocycles. The summed E-state index contributed by atoms with van der Waals surface area (Å²) >= 11 is 0. The van der Waals surface area contributed by atoms with Crippen LogP contribution in [0.15, 0.2) is 97.1 Å². The number of benzene rings is 4. The summed E-state index contributed by atoms with van der Waals surface area (Å²) in [4.78, 5) is 15.1. The predicted octanol–water partition coefficient (Wildman–Crippen LogP) is 9.45. The maximum atomic E-state index is 13.3. The number of fused-ring (bicyclic) bond motifs is 1. The average Bonchev–Trinajstić information content (AvgIpc) is 3.17. The zero-order valence-electron chi connectivity index (χ0n) is 32.5. The molecule has 54 heavy (non-hydrogen) atoms. The third kappa shape index (κ3) is 11.7. The molecular formula is C45H60Cl2FN3O3. The molecule has 0 saturated heterocycles. The molecule has 6 nitrogen and oxygen atoms in total.